The summed E-state index contributed by atoms with van der Waals surface area (Å²) in [7, 11) is 1.53. The lowest BCUT2D eigenvalue weighted by atomic mass is 10.2. The van der Waals surface area contributed by atoms with Crippen molar-refractivity contribution in [2.75, 3.05) is 38.2 Å². The van der Waals surface area contributed by atoms with Crippen molar-refractivity contribution in [2.45, 2.75) is 6.42 Å². The van der Waals surface area contributed by atoms with Crippen LogP contribution < -0.4 is 9.64 Å². The summed E-state index contributed by atoms with van der Waals surface area (Å²) in [6, 6.07) is 5.04. The molecule has 0 aromatic carbocycles. The highest BCUT2D eigenvalue weighted by Gasteiger charge is 2.22. The third kappa shape index (κ3) is 5.37. The molecule has 0 aliphatic carbocycles. The lowest BCUT2D eigenvalue weighted by Gasteiger charge is -2.24. The van der Waals surface area contributed by atoms with Crippen LogP contribution in [0.3, 0.4) is 0 Å². The van der Waals surface area contributed by atoms with Gasteiger partial charge in [-0.2, -0.15) is 0 Å². The zero-order chi connectivity index (χ0) is 19.6. The number of carbonyl (C=O) groups is 2. The van der Waals surface area contributed by atoms with E-state index in [1.807, 2.05) is 4.90 Å². The molecule has 3 rings (SSSR count). The highest BCUT2D eigenvalue weighted by atomic mass is 19.1. The molecule has 0 saturated carbocycles. The van der Waals surface area contributed by atoms with Crippen LogP contribution in [-0.4, -0.2) is 65.6 Å². The topological polar surface area (TPSA) is 95.9 Å². The molecule has 0 radical (unpaired) electrons. The number of methoxy groups -OCH3 is 1. The van der Waals surface area contributed by atoms with Crippen molar-refractivity contribution in [1.82, 2.24) is 14.9 Å². The van der Waals surface area contributed by atoms with Gasteiger partial charge in [0.05, 0.1) is 24.6 Å². The second-order valence-corrected chi connectivity index (χ2v) is 5.65. The van der Waals surface area contributed by atoms with E-state index < -0.39 is 0 Å². The second kappa shape index (κ2) is 10.0. The third-order valence-corrected chi connectivity index (χ3v) is 4.07. The fourth-order valence-electron chi connectivity index (χ4n) is 2.80. The van der Waals surface area contributed by atoms with Gasteiger partial charge < -0.3 is 19.6 Å². The van der Waals surface area contributed by atoms with Gasteiger partial charge in [0.2, 0.25) is 5.88 Å². The van der Waals surface area contributed by atoms with Gasteiger partial charge in [-0.15, -0.1) is 0 Å². The molecule has 1 saturated heterocycles. The number of anilines is 1. The summed E-state index contributed by atoms with van der Waals surface area (Å²) in [5.74, 6) is 0.0700. The van der Waals surface area contributed by atoms with E-state index in [1.54, 1.807) is 29.3 Å². The first-order valence-corrected chi connectivity index (χ1v) is 8.32. The molecule has 1 amide bonds. The smallest absolute Gasteiger partial charge is 0.290 e. The summed E-state index contributed by atoms with van der Waals surface area (Å²) in [5.41, 5.74) is 1.06. The van der Waals surface area contributed by atoms with Crippen LogP contribution >= 0.6 is 0 Å². The van der Waals surface area contributed by atoms with E-state index in [-0.39, 0.29) is 18.2 Å². The molecule has 0 bridgehead atoms. The lowest BCUT2D eigenvalue weighted by Crippen LogP contribution is -2.35. The summed E-state index contributed by atoms with van der Waals surface area (Å²) in [6.45, 7) is 2.20. The minimum Gasteiger partial charge on any atom is -0.483 e. The maximum atomic E-state index is 13.9. The zero-order valence-corrected chi connectivity index (χ0v) is 14.9. The van der Waals surface area contributed by atoms with Gasteiger partial charge in [-0.1, -0.05) is 0 Å². The van der Waals surface area contributed by atoms with E-state index in [4.69, 9.17) is 14.6 Å². The molecule has 9 heteroatoms. The standard InChI is InChI=1S/C17H19FN4O2.CH2O2/c1-24-16-4-3-13(11-20-16)17(23)22-8-2-7-21(9-10-22)15-5-6-19-12-14(15)18;2-1-3/h3-6,11-12H,2,7-10H2,1H3;1H,(H,2,3). The molecule has 1 aliphatic heterocycles. The van der Waals surface area contributed by atoms with Gasteiger partial charge in [-0.05, 0) is 18.6 Å². The van der Waals surface area contributed by atoms with Gasteiger partial charge >= 0.3 is 0 Å². The van der Waals surface area contributed by atoms with E-state index in [2.05, 4.69) is 9.97 Å². The maximum Gasteiger partial charge on any atom is 0.290 e. The Hall–Kier alpha value is -3.23. The first-order valence-electron chi connectivity index (χ1n) is 8.32. The summed E-state index contributed by atoms with van der Waals surface area (Å²) < 4.78 is 18.9. The van der Waals surface area contributed by atoms with Gasteiger partial charge in [0, 0.05) is 44.6 Å². The van der Waals surface area contributed by atoms with Crippen molar-refractivity contribution in [3.05, 3.63) is 48.2 Å². The van der Waals surface area contributed by atoms with Crippen LogP contribution in [0.4, 0.5) is 10.1 Å². The van der Waals surface area contributed by atoms with Gasteiger partial charge in [0.1, 0.15) is 0 Å². The molecular formula is C18H21FN4O4. The monoisotopic (exact) mass is 376 g/mol. The summed E-state index contributed by atoms with van der Waals surface area (Å²) >= 11 is 0. The quantitative estimate of drug-likeness (QED) is 0.814. The largest absolute Gasteiger partial charge is 0.483 e. The van der Waals surface area contributed by atoms with Crippen molar-refractivity contribution in [3.8, 4) is 5.88 Å². The van der Waals surface area contributed by atoms with Crippen LogP contribution in [0.5, 0.6) is 5.88 Å². The molecule has 1 aliphatic rings. The van der Waals surface area contributed by atoms with Crippen molar-refractivity contribution in [3.63, 3.8) is 0 Å². The maximum absolute atomic E-state index is 13.9. The fourth-order valence-corrected chi connectivity index (χ4v) is 2.80. The van der Waals surface area contributed by atoms with E-state index in [0.717, 1.165) is 6.42 Å². The highest BCUT2D eigenvalue weighted by molar-refractivity contribution is 5.94. The molecule has 0 spiro atoms. The number of amides is 1. The Labute approximate surface area is 156 Å². The van der Waals surface area contributed by atoms with Crippen LogP contribution in [0.2, 0.25) is 0 Å². The number of carboxylic acid groups (broad SMARTS) is 1. The Morgan fingerprint density at radius 2 is 2.00 bits per heavy atom. The highest BCUT2D eigenvalue weighted by Crippen LogP contribution is 2.20. The number of nitrogens with zero attached hydrogens (tertiary/aromatic N) is 4. The number of hydrogen-bond donors (Lipinski definition) is 1. The third-order valence-electron chi connectivity index (χ3n) is 4.07. The van der Waals surface area contributed by atoms with Gasteiger partial charge in [-0.3, -0.25) is 14.6 Å². The van der Waals surface area contributed by atoms with Crippen molar-refractivity contribution in [2.24, 2.45) is 0 Å². The predicted molar refractivity (Wildman–Crippen MR) is 96.4 cm³/mol. The molecule has 27 heavy (non-hydrogen) atoms. The predicted octanol–water partition coefficient (Wildman–Crippen LogP) is 1.68. The average Bonchev–Trinajstić information content (AvgIpc) is 2.95. The number of halogens is 1. The minimum atomic E-state index is -0.336. The summed E-state index contributed by atoms with van der Waals surface area (Å²) in [6.07, 6.45) is 5.09. The molecule has 1 N–H and O–H groups in total. The van der Waals surface area contributed by atoms with Crippen LogP contribution in [-0.2, 0) is 4.79 Å². The van der Waals surface area contributed by atoms with E-state index in [0.29, 0.717) is 43.3 Å². The normalized spacial score (nSPS) is 13.9. The fraction of sp³-hybridized carbons (Fsp3) is 0.333. The number of carbonyl (C=O) groups excluding carboxylic acids is 1. The van der Waals surface area contributed by atoms with E-state index in [1.165, 1.54) is 19.5 Å². The van der Waals surface area contributed by atoms with Crippen LogP contribution in [0.1, 0.15) is 16.8 Å². The summed E-state index contributed by atoms with van der Waals surface area (Å²) in [5, 5.41) is 6.89. The molecule has 0 atom stereocenters. The first-order chi connectivity index (χ1) is 13.1. The van der Waals surface area contributed by atoms with Crippen molar-refractivity contribution >= 4 is 18.1 Å². The average molecular weight is 376 g/mol. The van der Waals surface area contributed by atoms with Gasteiger partial charge in [-0.25, -0.2) is 9.37 Å². The van der Waals surface area contributed by atoms with Crippen molar-refractivity contribution in [1.29, 1.82) is 0 Å². The zero-order valence-electron chi connectivity index (χ0n) is 14.9. The molecule has 1 fully saturated rings. The number of aromatic nitrogens is 2. The number of hydrogen-bond acceptors (Lipinski definition) is 6. The minimum absolute atomic E-state index is 0.0674. The number of ether oxygens (including phenoxy) is 1. The molecule has 2 aromatic heterocycles. The Kier molecular flexibility index (Phi) is 7.48. The Balaban J connectivity index is 0.000000817. The van der Waals surface area contributed by atoms with Crippen LogP contribution in [0.25, 0.3) is 0 Å². The van der Waals surface area contributed by atoms with E-state index >= 15 is 0 Å². The Bertz CT molecular complexity index is 757. The Morgan fingerprint density at radius 3 is 2.63 bits per heavy atom. The van der Waals surface area contributed by atoms with E-state index in [9.17, 15) is 9.18 Å². The number of pyridine rings is 2. The van der Waals surface area contributed by atoms with Crippen LogP contribution in [0, 0.1) is 5.82 Å². The first kappa shape index (κ1) is 20.1. The molecule has 144 valence electrons. The summed E-state index contributed by atoms with van der Waals surface area (Å²) in [4.78, 5) is 32.6. The van der Waals surface area contributed by atoms with Gasteiger partial charge in [0.25, 0.3) is 12.4 Å². The molecule has 8 nitrogen and oxygen atoms in total. The lowest BCUT2D eigenvalue weighted by molar-refractivity contribution is -0.122. The Morgan fingerprint density at radius 1 is 1.22 bits per heavy atom. The van der Waals surface area contributed by atoms with Crippen molar-refractivity contribution < 1.29 is 23.8 Å². The molecule has 3 heterocycles. The second-order valence-electron chi connectivity index (χ2n) is 5.65. The SMILES string of the molecule is COc1ccc(C(=O)N2CCCN(c3ccncc3F)CC2)cn1.O=CO. The molecule has 0 unspecified atom stereocenters. The van der Waals surface area contributed by atoms with Crippen LogP contribution in [0.15, 0.2) is 36.8 Å². The molecule has 2 aromatic rings. The van der Waals surface area contributed by atoms with Gasteiger partial charge in [0.15, 0.2) is 5.82 Å². The molecular weight excluding hydrogens is 355 g/mol. The number of rotatable bonds is 3.